The van der Waals surface area contributed by atoms with Gasteiger partial charge in [-0.25, -0.2) is 4.98 Å². The van der Waals surface area contributed by atoms with E-state index >= 15 is 0 Å². The number of hydrogen-bond donors (Lipinski definition) is 2. The number of carbonyl (C=O) groups excluding carboxylic acids is 1. The van der Waals surface area contributed by atoms with Crippen molar-refractivity contribution in [2.24, 2.45) is 0 Å². The lowest BCUT2D eigenvalue weighted by Crippen LogP contribution is -2.29. The van der Waals surface area contributed by atoms with Crippen LogP contribution in [0.5, 0.6) is 5.75 Å². The van der Waals surface area contributed by atoms with E-state index in [0.29, 0.717) is 28.4 Å². The minimum absolute atomic E-state index is 0.198. The number of ether oxygens (including phenoxy) is 1. The molecule has 0 bridgehead atoms. The second-order valence-electron chi connectivity index (χ2n) is 5.55. The van der Waals surface area contributed by atoms with Crippen LogP contribution < -0.4 is 10.1 Å². The van der Waals surface area contributed by atoms with Gasteiger partial charge in [0, 0.05) is 5.02 Å². The maximum atomic E-state index is 12.4. The molecule has 134 valence electrons. The van der Waals surface area contributed by atoms with E-state index in [9.17, 15) is 9.59 Å². The predicted octanol–water partition coefficient (Wildman–Crippen LogP) is 2.56. The number of benzene rings is 2. The van der Waals surface area contributed by atoms with Gasteiger partial charge in [-0.15, -0.1) is 0 Å². The first-order chi connectivity index (χ1) is 12.5. The number of fused-ring (bicyclic) bond motifs is 1. The number of imidazole rings is 1. The average molecular weight is 374 g/mol. The van der Waals surface area contributed by atoms with Crippen molar-refractivity contribution in [3.05, 3.63) is 58.9 Å². The highest BCUT2D eigenvalue weighted by molar-refractivity contribution is 6.31. The molecule has 0 spiro atoms. The fourth-order valence-corrected chi connectivity index (χ4v) is 2.88. The van der Waals surface area contributed by atoms with Gasteiger partial charge in [0.1, 0.15) is 23.4 Å². The Morgan fingerprint density at radius 3 is 2.73 bits per heavy atom. The SMILES string of the molecule is COc1ccc2c(ncn2Cc2ccccc2Cl)c1C(=O)NCC(=O)O. The number of rotatable bonds is 6. The number of methoxy groups -OCH3 is 1. The van der Waals surface area contributed by atoms with Crippen molar-refractivity contribution in [2.45, 2.75) is 6.54 Å². The van der Waals surface area contributed by atoms with Crippen LogP contribution in [-0.2, 0) is 11.3 Å². The number of carboxylic acid groups (broad SMARTS) is 1. The molecule has 0 unspecified atom stereocenters. The third-order valence-corrected chi connectivity index (χ3v) is 4.27. The molecule has 0 saturated carbocycles. The van der Waals surface area contributed by atoms with E-state index in [-0.39, 0.29) is 5.56 Å². The number of carbonyl (C=O) groups is 2. The van der Waals surface area contributed by atoms with Gasteiger partial charge in [-0.1, -0.05) is 29.8 Å². The summed E-state index contributed by atoms with van der Waals surface area (Å²) in [4.78, 5) is 27.5. The lowest BCUT2D eigenvalue weighted by atomic mass is 10.1. The van der Waals surface area contributed by atoms with Gasteiger partial charge in [0.05, 0.1) is 25.5 Å². The first-order valence-electron chi connectivity index (χ1n) is 7.76. The molecule has 0 fully saturated rings. The molecule has 1 amide bonds. The van der Waals surface area contributed by atoms with Crippen molar-refractivity contribution < 1.29 is 19.4 Å². The van der Waals surface area contributed by atoms with Gasteiger partial charge in [-0.05, 0) is 23.8 Å². The molecule has 2 aromatic carbocycles. The fraction of sp³-hybridized carbons (Fsp3) is 0.167. The molecule has 26 heavy (non-hydrogen) atoms. The molecular formula is C18H16ClN3O4. The molecule has 8 heteroatoms. The zero-order valence-electron chi connectivity index (χ0n) is 13.9. The van der Waals surface area contributed by atoms with E-state index in [1.807, 2.05) is 28.8 Å². The molecule has 0 atom stereocenters. The Labute approximate surface area is 154 Å². The summed E-state index contributed by atoms with van der Waals surface area (Å²) in [6.45, 7) is -0.00259. The maximum Gasteiger partial charge on any atom is 0.322 e. The zero-order valence-corrected chi connectivity index (χ0v) is 14.7. The number of amides is 1. The van der Waals surface area contributed by atoms with Crippen LogP contribution in [0.25, 0.3) is 11.0 Å². The number of nitrogens with zero attached hydrogens (tertiary/aromatic N) is 2. The largest absolute Gasteiger partial charge is 0.496 e. The summed E-state index contributed by atoms with van der Waals surface area (Å²) in [6, 6.07) is 10.9. The molecule has 0 aliphatic carbocycles. The van der Waals surface area contributed by atoms with Crippen molar-refractivity contribution >= 4 is 34.5 Å². The Hall–Kier alpha value is -3.06. The number of hydrogen-bond acceptors (Lipinski definition) is 4. The second-order valence-corrected chi connectivity index (χ2v) is 5.96. The van der Waals surface area contributed by atoms with E-state index in [4.69, 9.17) is 21.4 Å². The van der Waals surface area contributed by atoms with Crippen molar-refractivity contribution in [3.63, 3.8) is 0 Å². The van der Waals surface area contributed by atoms with Gasteiger partial charge in [-0.3, -0.25) is 9.59 Å². The van der Waals surface area contributed by atoms with Crippen LogP contribution in [0, 0.1) is 0 Å². The lowest BCUT2D eigenvalue weighted by Gasteiger charge is -2.11. The molecule has 0 radical (unpaired) electrons. The lowest BCUT2D eigenvalue weighted by molar-refractivity contribution is -0.135. The van der Waals surface area contributed by atoms with Crippen LogP contribution in [0.3, 0.4) is 0 Å². The second kappa shape index (κ2) is 7.45. The number of nitrogens with one attached hydrogen (secondary N) is 1. The predicted molar refractivity (Wildman–Crippen MR) is 96.8 cm³/mol. The summed E-state index contributed by atoms with van der Waals surface area (Å²) in [6.07, 6.45) is 1.61. The first kappa shape index (κ1) is 17.8. The van der Waals surface area contributed by atoms with E-state index < -0.39 is 18.4 Å². The molecule has 7 nitrogen and oxygen atoms in total. The number of halogens is 1. The molecule has 1 aromatic heterocycles. The van der Waals surface area contributed by atoms with E-state index in [1.165, 1.54) is 7.11 Å². The fourth-order valence-electron chi connectivity index (χ4n) is 2.68. The van der Waals surface area contributed by atoms with E-state index in [1.54, 1.807) is 18.5 Å². The molecule has 1 heterocycles. The van der Waals surface area contributed by atoms with Crippen LogP contribution in [0.2, 0.25) is 5.02 Å². The van der Waals surface area contributed by atoms with Crippen LogP contribution in [0.15, 0.2) is 42.7 Å². The third kappa shape index (κ3) is 3.48. The Morgan fingerprint density at radius 1 is 1.27 bits per heavy atom. The zero-order chi connectivity index (χ0) is 18.7. The molecule has 0 aliphatic rings. The highest BCUT2D eigenvalue weighted by Gasteiger charge is 2.20. The Balaban J connectivity index is 2.02. The van der Waals surface area contributed by atoms with Crippen LogP contribution in [0.1, 0.15) is 15.9 Å². The van der Waals surface area contributed by atoms with Gasteiger partial charge in [0.2, 0.25) is 0 Å². The quantitative estimate of drug-likeness (QED) is 0.692. The van der Waals surface area contributed by atoms with Crippen molar-refractivity contribution in [1.82, 2.24) is 14.9 Å². The summed E-state index contributed by atoms with van der Waals surface area (Å²) >= 11 is 6.22. The molecule has 0 saturated heterocycles. The Morgan fingerprint density at radius 2 is 2.04 bits per heavy atom. The highest BCUT2D eigenvalue weighted by Crippen LogP contribution is 2.28. The summed E-state index contributed by atoms with van der Waals surface area (Å²) in [5.41, 5.74) is 2.26. The van der Waals surface area contributed by atoms with Gasteiger partial charge in [0.15, 0.2) is 0 Å². The maximum absolute atomic E-state index is 12.4. The van der Waals surface area contributed by atoms with Crippen LogP contribution in [0.4, 0.5) is 0 Å². The first-order valence-corrected chi connectivity index (χ1v) is 8.14. The van der Waals surface area contributed by atoms with Gasteiger partial charge >= 0.3 is 5.97 Å². The van der Waals surface area contributed by atoms with Gasteiger partial charge in [0.25, 0.3) is 5.91 Å². The summed E-state index contributed by atoms with van der Waals surface area (Å²) in [7, 11) is 1.44. The Bertz CT molecular complexity index is 984. The monoisotopic (exact) mass is 373 g/mol. The standard InChI is InChI=1S/C18H16ClN3O4/c1-26-14-7-6-13-17(16(14)18(25)20-8-15(23)24)21-10-22(13)9-11-4-2-3-5-12(11)19/h2-7,10H,8-9H2,1H3,(H,20,25)(H,23,24). The normalized spacial score (nSPS) is 10.7. The highest BCUT2D eigenvalue weighted by atomic mass is 35.5. The van der Waals surface area contributed by atoms with Crippen LogP contribution >= 0.6 is 11.6 Å². The Kier molecular flexibility index (Phi) is 5.09. The molecule has 3 rings (SSSR count). The third-order valence-electron chi connectivity index (χ3n) is 3.90. The van der Waals surface area contributed by atoms with Crippen molar-refractivity contribution in [3.8, 4) is 5.75 Å². The van der Waals surface area contributed by atoms with Crippen molar-refractivity contribution in [1.29, 1.82) is 0 Å². The topological polar surface area (TPSA) is 93.5 Å². The smallest absolute Gasteiger partial charge is 0.322 e. The van der Waals surface area contributed by atoms with Crippen LogP contribution in [-0.4, -0.2) is 40.2 Å². The minimum Gasteiger partial charge on any atom is -0.496 e. The minimum atomic E-state index is -1.13. The summed E-state index contributed by atoms with van der Waals surface area (Å²) in [5, 5.41) is 11.8. The van der Waals surface area contributed by atoms with E-state index in [2.05, 4.69) is 10.3 Å². The van der Waals surface area contributed by atoms with E-state index in [0.717, 1.165) is 5.56 Å². The molecule has 3 aromatic rings. The summed E-state index contributed by atoms with van der Waals surface area (Å²) < 4.78 is 7.11. The van der Waals surface area contributed by atoms with Crippen molar-refractivity contribution in [2.75, 3.05) is 13.7 Å². The number of carboxylic acids is 1. The van der Waals surface area contributed by atoms with Gasteiger partial charge in [-0.2, -0.15) is 0 Å². The average Bonchev–Trinajstić information content (AvgIpc) is 3.03. The number of aliphatic carboxylic acids is 1. The molecule has 0 aliphatic heterocycles. The summed E-state index contributed by atoms with van der Waals surface area (Å²) in [5.74, 6) is -1.37. The molecule has 2 N–H and O–H groups in total. The van der Waals surface area contributed by atoms with Gasteiger partial charge < -0.3 is 19.7 Å². The number of aromatic nitrogens is 2. The molecular weight excluding hydrogens is 358 g/mol.